The molecule has 0 bridgehead atoms. The highest BCUT2D eigenvalue weighted by Gasteiger charge is 2.28. The lowest BCUT2D eigenvalue weighted by Gasteiger charge is -2.20. The maximum absolute atomic E-state index is 12.6. The second-order valence-corrected chi connectivity index (χ2v) is 15.4. The number of carbonyl (C=O) groups is 3. The van der Waals surface area contributed by atoms with Crippen molar-refractivity contribution in [3.05, 3.63) is 109 Å². The molecule has 0 aliphatic rings. The first kappa shape index (κ1) is 57.0. The topological polar surface area (TPSA) is 232 Å². The molecule has 344 valence electrons. The number of phosphoric acid groups is 1. The third kappa shape index (κ3) is 37.5. The summed E-state index contributed by atoms with van der Waals surface area (Å²) in [6.07, 6.45) is 39.7. The lowest BCUT2D eigenvalue weighted by Crippen LogP contribution is -2.34. The molecule has 0 aromatic rings. The van der Waals surface area contributed by atoms with Crippen molar-refractivity contribution in [3.8, 4) is 0 Å². The van der Waals surface area contributed by atoms with E-state index < -0.39 is 76.0 Å². The number of phosphoric ester groups is 1. The first-order valence-electron chi connectivity index (χ1n) is 21.2. The van der Waals surface area contributed by atoms with Crippen LogP contribution in [0.3, 0.4) is 0 Å². The van der Waals surface area contributed by atoms with Crippen molar-refractivity contribution in [1.29, 1.82) is 0 Å². The van der Waals surface area contributed by atoms with Crippen molar-refractivity contribution in [1.82, 2.24) is 0 Å². The first-order chi connectivity index (χ1) is 29.3. The number of esters is 2. The monoisotopic (exact) mass is 877 g/mol. The number of carboxylic acid groups (broad SMARTS) is 1. The number of ether oxygens (including phenoxy) is 2. The number of allylic oxidation sites excluding steroid dienone is 15. The Balaban J connectivity index is 4.83. The van der Waals surface area contributed by atoms with Gasteiger partial charge in [-0.1, -0.05) is 136 Å². The van der Waals surface area contributed by atoms with Crippen molar-refractivity contribution in [2.75, 3.05) is 19.8 Å². The number of rotatable bonds is 37. The third-order valence-corrected chi connectivity index (χ3v) is 9.30. The van der Waals surface area contributed by atoms with E-state index in [0.717, 1.165) is 32.1 Å². The summed E-state index contributed by atoms with van der Waals surface area (Å²) in [5.41, 5.74) is 5.30. The Kier molecular flexibility index (Phi) is 36.4. The Bertz CT molecular complexity index is 1500. The number of nitrogens with two attached hydrogens (primary N) is 1. The van der Waals surface area contributed by atoms with Crippen molar-refractivity contribution in [2.45, 2.75) is 141 Å². The highest BCUT2D eigenvalue weighted by molar-refractivity contribution is 7.47. The second-order valence-electron chi connectivity index (χ2n) is 14.0. The smallest absolute Gasteiger partial charge is 0.472 e. The van der Waals surface area contributed by atoms with Crippen molar-refractivity contribution in [3.63, 3.8) is 0 Å². The van der Waals surface area contributed by atoms with Gasteiger partial charge in [-0.3, -0.25) is 23.4 Å². The highest BCUT2D eigenvalue weighted by Crippen LogP contribution is 2.43. The third-order valence-electron chi connectivity index (χ3n) is 8.35. The fourth-order valence-corrected chi connectivity index (χ4v) is 5.65. The molecule has 15 heteroatoms. The number of aliphatic hydroxyl groups excluding tert-OH is 3. The predicted molar refractivity (Wildman–Crippen MR) is 239 cm³/mol. The number of aliphatic hydroxyl groups is 3. The minimum Gasteiger partial charge on any atom is -0.480 e. The number of carboxylic acids is 1. The number of aliphatic carboxylic acids is 1. The number of carbonyl (C=O) groups excluding carboxylic acids is 2. The van der Waals surface area contributed by atoms with Crippen molar-refractivity contribution in [2.24, 2.45) is 5.73 Å². The molecule has 14 nitrogen and oxygen atoms in total. The molecule has 1 unspecified atom stereocenters. The van der Waals surface area contributed by atoms with Crippen LogP contribution < -0.4 is 5.73 Å². The van der Waals surface area contributed by atoms with E-state index >= 15 is 0 Å². The van der Waals surface area contributed by atoms with Gasteiger partial charge < -0.3 is 40.5 Å². The normalized spacial score (nSPS) is 16.3. The minimum absolute atomic E-state index is 0.0316. The molecule has 0 aliphatic heterocycles. The number of unbranched alkanes of at least 4 members (excludes halogenated alkanes) is 4. The van der Waals surface area contributed by atoms with E-state index in [-0.39, 0.29) is 25.7 Å². The second kappa shape index (κ2) is 38.9. The zero-order valence-electron chi connectivity index (χ0n) is 36.0. The van der Waals surface area contributed by atoms with Crippen LogP contribution in [-0.2, 0) is 37.5 Å². The fourth-order valence-electron chi connectivity index (χ4n) is 4.87. The molecule has 0 saturated carbocycles. The van der Waals surface area contributed by atoms with Crippen molar-refractivity contribution < 1.29 is 62.8 Å². The molecule has 61 heavy (non-hydrogen) atoms. The van der Waals surface area contributed by atoms with Crippen LogP contribution in [0.4, 0.5) is 0 Å². The van der Waals surface area contributed by atoms with Crippen LogP contribution in [0.1, 0.15) is 110 Å². The highest BCUT2D eigenvalue weighted by atomic mass is 31.2. The molecule has 0 aliphatic carbocycles. The molecule has 0 amide bonds. The first-order valence-corrected chi connectivity index (χ1v) is 22.7. The van der Waals surface area contributed by atoms with Gasteiger partial charge in [0.25, 0.3) is 0 Å². The summed E-state index contributed by atoms with van der Waals surface area (Å²) in [6.45, 7) is 2.14. The molecule has 0 spiro atoms. The van der Waals surface area contributed by atoms with Gasteiger partial charge in [0.15, 0.2) is 6.10 Å². The van der Waals surface area contributed by atoms with E-state index in [0.29, 0.717) is 19.3 Å². The Morgan fingerprint density at radius 3 is 1.82 bits per heavy atom. The summed E-state index contributed by atoms with van der Waals surface area (Å²) < 4.78 is 32.4. The minimum atomic E-state index is -4.84. The summed E-state index contributed by atoms with van der Waals surface area (Å²) in [4.78, 5) is 46.0. The summed E-state index contributed by atoms with van der Waals surface area (Å²) >= 11 is 0. The zero-order chi connectivity index (χ0) is 45.4. The van der Waals surface area contributed by atoms with Gasteiger partial charge in [-0.25, -0.2) is 4.57 Å². The van der Waals surface area contributed by atoms with Gasteiger partial charge in [-0.15, -0.1) is 0 Å². The molecule has 0 aromatic heterocycles. The summed E-state index contributed by atoms with van der Waals surface area (Å²) in [5, 5.41) is 39.3. The van der Waals surface area contributed by atoms with E-state index in [9.17, 15) is 39.2 Å². The van der Waals surface area contributed by atoms with E-state index in [4.69, 9.17) is 24.8 Å². The fraction of sp³-hybridized carbons (Fsp3) is 0.543. The lowest BCUT2D eigenvalue weighted by molar-refractivity contribution is -0.161. The Morgan fingerprint density at radius 1 is 0.656 bits per heavy atom. The number of hydrogen-bond acceptors (Lipinski definition) is 12. The van der Waals surface area contributed by atoms with E-state index in [1.165, 1.54) is 25.3 Å². The average molecular weight is 878 g/mol. The molecule has 0 radical (unpaired) electrons. The molecule has 0 rings (SSSR count). The van der Waals surface area contributed by atoms with Gasteiger partial charge >= 0.3 is 25.7 Å². The molecule has 0 aromatic carbocycles. The molecular formula is C46H72NO13P. The lowest BCUT2D eigenvalue weighted by atomic mass is 10.1. The maximum atomic E-state index is 12.6. The summed E-state index contributed by atoms with van der Waals surface area (Å²) in [5.74, 6) is -2.85. The quantitative estimate of drug-likeness (QED) is 0.0114. The summed E-state index contributed by atoms with van der Waals surface area (Å²) in [7, 11) is -4.84. The standard InChI is InChI=1S/C46H72NO13P/c1-3-5-7-8-9-10-11-12-13-14-15-16-17-18-19-24-28-34-44(51)57-36-40(37-58-61(55,56)59-38-41(47)46(53)54)60-45(52)35-29-33-43(50)42(49)32-27-23-21-20-22-26-31-39(48)30-25-6-4-2/h6,9-10,12-13,15-16,18-23,25-27,31-32,39-43,48-50H,3-5,7-8,11,14,17,24,28-30,33-38,47H2,1-2H3,(H,53,54)(H,55,56)/b10-9-,13-12-,16-15-,19-18-,22-20+,23-21-,25-6-,31-26+,32-27-/t39-,40+,41-,42+,43+/m0/s1. The molecule has 7 N–H and O–H groups in total. The molecule has 0 saturated heterocycles. The van der Waals surface area contributed by atoms with E-state index in [1.807, 2.05) is 31.2 Å². The molecule has 0 fully saturated rings. The summed E-state index contributed by atoms with van der Waals surface area (Å²) in [6, 6.07) is -1.59. The van der Waals surface area contributed by atoms with Crippen LogP contribution in [0.15, 0.2) is 109 Å². The van der Waals surface area contributed by atoms with Gasteiger partial charge in [0.2, 0.25) is 0 Å². The van der Waals surface area contributed by atoms with Crippen LogP contribution in [-0.4, -0.2) is 93.5 Å². The van der Waals surface area contributed by atoms with Crippen LogP contribution in [0.5, 0.6) is 0 Å². The van der Waals surface area contributed by atoms with E-state index in [2.05, 4.69) is 47.9 Å². The SMILES string of the molecule is CC/C=C\C[C@H](O)/C=C/C=C/C=C\C=C/[C@@H](O)[C@H](O)CCCC(=O)O[C@H](COC(=O)CCC/C=C\C/C=C\C/C=C\C/C=C\CCCCC)COP(=O)(O)OC[C@H](N)C(=O)O. The predicted octanol–water partition coefficient (Wildman–Crippen LogP) is 7.97. The van der Waals surface area contributed by atoms with Gasteiger partial charge in [0.1, 0.15) is 12.6 Å². The Labute approximate surface area is 363 Å². The zero-order valence-corrected chi connectivity index (χ0v) is 36.9. The van der Waals surface area contributed by atoms with Crippen LogP contribution in [0.25, 0.3) is 0 Å². The van der Waals surface area contributed by atoms with Crippen LogP contribution in [0, 0.1) is 0 Å². The Morgan fingerprint density at radius 2 is 1.21 bits per heavy atom. The van der Waals surface area contributed by atoms with E-state index in [1.54, 1.807) is 42.5 Å². The van der Waals surface area contributed by atoms with Gasteiger partial charge in [0.05, 0.1) is 31.5 Å². The van der Waals surface area contributed by atoms with Gasteiger partial charge in [0, 0.05) is 12.8 Å². The largest absolute Gasteiger partial charge is 0.480 e. The molecule has 0 heterocycles. The molecular weight excluding hydrogens is 805 g/mol. The average Bonchev–Trinajstić information content (AvgIpc) is 3.22. The van der Waals surface area contributed by atoms with Crippen LogP contribution >= 0.6 is 7.82 Å². The molecule has 6 atom stereocenters. The van der Waals surface area contributed by atoms with Gasteiger partial charge in [-0.2, -0.15) is 0 Å². The Hall–Kier alpha value is -3.98. The maximum Gasteiger partial charge on any atom is 0.472 e. The van der Waals surface area contributed by atoms with Crippen LogP contribution in [0.2, 0.25) is 0 Å². The van der Waals surface area contributed by atoms with Gasteiger partial charge in [-0.05, 0) is 70.6 Å². The van der Waals surface area contributed by atoms with Crippen molar-refractivity contribution >= 4 is 25.7 Å². The number of hydrogen-bond donors (Lipinski definition) is 6.